The molecule has 1 aromatic heterocycles. The summed E-state index contributed by atoms with van der Waals surface area (Å²) in [5, 5.41) is 2.60. The summed E-state index contributed by atoms with van der Waals surface area (Å²) in [6.07, 6.45) is 2.73. The number of rotatable bonds is 3. The largest absolute Gasteiger partial charge is 0.356 e. The zero-order valence-electron chi connectivity index (χ0n) is 7.25. The first-order valence-corrected chi connectivity index (χ1v) is 3.89. The predicted octanol–water partition coefficient (Wildman–Crippen LogP) is 0.294. The highest BCUT2D eigenvalue weighted by Crippen LogP contribution is 1.93. The summed E-state index contributed by atoms with van der Waals surface area (Å²) in [6, 6.07) is 0. The van der Waals surface area contributed by atoms with Gasteiger partial charge in [0.05, 0.1) is 12.4 Å². The third kappa shape index (κ3) is 3.59. The second-order valence-corrected chi connectivity index (χ2v) is 2.55. The van der Waals surface area contributed by atoms with Gasteiger partial charge in [0.2, 0.25) is 5.91 Å². The smallest absolute Gasteiger partial charge is 0.216 e. The van der Waals surface area contributed by atoms with Crippen LogP contribution in [0.5, 0.6) is 0 Å². The molecule has 0 unspecified atom stereocenters. The second-order valence-electron chi connectivity index (χ2n) is 2.55. The Kier molecular flexibility index (Phi) is 3.31. The van der Waals surface area contributed by atoms with Crippen molar-refractivity contribution >= 4 is 5.91 Å². The molecule has 1 heterocycles. The van der Waals surface area contributed by atoms with Gasteiger partial charge >= 0.3 is 0 Å². The zero-order chi connectivity index (χ0) is 9.68. The zero-order valence-corrected chi connectivity index (χ0v) is 7.25. The topological polar surface area (TPSA) is 54.9 Å². The van der Waals surface area contributed by atoms with Gasteiger partial charge in [0, 0.05) is 19.9 Å². The van der Waals surface area contributed by atoms with Crippen LogP contribution in [0.25, 0.3) is 0 Å². The van der Waals surface area contributed by atoms with Crippen molar-refractivity contribution in [2.24, 2.45) is 0 Å². The van der Waals surface area contributed by atoms with Crippen LogP contribution in [0.4, 0.5) is 4.39 Å². The molecule has 0 aliphatic rings. The highest BCUT2D eigenvalue weighted by atomic mass is 19.1. The molecule has 0 aliphatic heterocycles. The fraction of sp³-hybridized carbons (Fsp3) is 0.375. The lowest BCUT2D eigenvalue weighted by Gasteiger charge is -1.99. The molecule has 0 bridgehead atoms. The molecule has 5 heteroatoms. The minimum absolute atomic E-state index is 0.0953. The van der Waals surface area contributed by atoms with E-state index in [-0.39, 0.29) is 5.91 Å². The first-order chi connectivity index (χ1) is 6.18. The fourth-order valence-electron chi connectivity index (χ4n) is 0.818. The number of carbonyl (C=O) groups excluding carboxylic acids is 1. The predicted molar refractivity (Wildman–Crippen MR) is 44.4 cm³/mol. The minimum atomic E-state index is -0.455. The lowest BCUT2D eigenvalue weighted by Crippen LogP contribution is -2.23. The third-order valence-corrected chi connectivity index (χ3v) is 1.40. The molecule has 0 aromatic carbocycles. The second kappa shape index (κ2) is 4.49. The van der Waals surface area contributed by atoms with Crippen LogP contribution in [0.15, 0.2) is 12.4 Å². The van der Waals surface area contributed by atoms with E-state index in [0.717, 1.165) is 12.4 Å². The van der Waals surface area contributed by atoms with Gasteiger partial charge in [-0.05, 0) is 0 Å². The molecule has 4 nitrogen and oxygen atoms in total. The summed E-state index contributed by atoms with van der Waals surface area (Å²) in [4.78, 5) is 18.0. The molecule has 1 N–H and O–H groups in total. The van der Waals surface area contributed by atoms with E-state index in [1.54, 1.807) is 0 Å². The molecule has 0 saturated carbocycles. The molecule has 1 amide bonds. The minimum Gasteiger partial charge on any atom is -0.356 e. The molecule has 0 radical (unpaired) electrons. The van der Waals surface area contributed by atoms with Crippen LogP contribution >= 0.6 is 0 Å². The van der Waals surface area contributed by atoms with Crippen molar-refractivity contribution in [3.8, 4) is 0 Å². The van der Waals surface area contributed by atoms with Crippen LogP contribution in [0.1, 0.15) is 12.7 Å². The van der Waals surface area contributed by atoms with Crippen LogP contribution in [-0.4, -0.2) is 22.4 Å². The summed E-state index contributed by atoms with van der Waals surface area (Å²) < 4.78 is 12.3. The Labute approximate surface area is 75.2 Å². The highest BCUT2D eigenvalue weighted by molar-refractivity contribution is 5.72. The van der Waals surface area contributed by atoms with Gasteiger partial charge in [0.25, 0.3) is 0 Å². The monoisotopic (exact) mass is 183 g/mol. The summed E-state index contributed by atoms with van der Waals surface area (Å²) >= 11 is 0. The van der Waals surface area contributed by atoms with E-state index in [1.165, 1.54) is 6.92 Å². The van der Waals surface area contributed by atoms with E-state index in [4.69, 9.17) is 0 Å². The maximum atomic E-state index is 12.3. The number of nitrogens with zero attached hydrogens (tertiary/aromatic N) is 2. The Bertz CT molecular complexity index is 286. The van der Waals surface area contributed by atoms with Gasteiger partial charge in [-0.2, -0.15) is 0 Å². The Hall–Kier alpha value is -1.52. The summed E-state index contributed by atoms with van der Waals surface area (Å²) in [7, 11) is 0. The van der Waals surface area contributed by atoms with Crippen molar-refractivity contribution in [2.75, 3.05) is 6.54 Å². The van der Waals surface area contributed by atoms with Crippen molar-refractivity contribution in [3.05, 3.63) is 24.0 Å². The van der Waals surface area contributed by atoms with E-state index in [2.05, 4.69) is 15.3 Å². The SMILES string of the molecule is CC(=O)NCCc1ncc(F)cn1. The molecule has 1 aromatic rings. The van der Waals surface area contributed by atoms with E-state index in [0.29, 0.717) is 18.8 Å². The highest BCUT2D eigenvalue weighted by Gasteiger charge is 1.97. The molecule has 0 aliphatic carbocycles. The van der Waals surface area contributed by atoms with Gasteiger partial charge in [-0.3, -0.25) is 4.79 Å². The maximum absolute atomic E-state index is 12.3. The number of nitrogens with one attached hydrogen (secondary N) is 1. The molecule has 0 fully saturated rings. The first kappa shape index (κ1) is 9.57. The van der Waals surface area contributed by atoms with E-state index in [1.807, 2.05) is 0 Å². The van der Waals surface area contributed by atoms with Crippen LogP contribution < -0.4 is 5.32 Å². The third-order valence-electron chi connectivity index (χ3n) is 1.40. The molecule has 13 heavy (non-hydrogen) atoms. The molecule has 0 atom stereocenters. The Morgan fingerprint density at radius 2 is 2.15 bits per heavy atom. The van der Waals surface area contributed by atoms with Gasteiger partial charge in [0.1, 0.15) is 5.82 Å². The summed E-state index contributed by atoms with van der Waals surface area (Å²) in [5.41, 5.74) is 0. The van der Waals surface area contributed by atoms with Crippen LogP contribution in [0, 0.1) is 5.82 Å². The number of hydrogen-bond donors (Lipinski definition) is 1. The molecular formula is C8H10FN3O. The number of halogens is 1. The van der Waals surface area contributed by atoms with Gasteiger partial charge in [-0.15, -0.1) is 0 Å². The van der Waals surface area contributed by atoms with Crippen LogP contribution in [-0.2, 0) is 11.2 Å². The molecule has 0 saturated heterocycles. The number of amides is 1. The van der Waals surface area contributed by atoms with Gasteiger partial charge in [-0.25, -0.2) is 14.4 Å². The summed E-state index contributed by atoms with van der Waals surface area (Å²) in [5.74, 6) is -0.0273. The number of hydrogen-bond acceptors (Lipinski definition) is 3. The summed E-state index contributed by atoms with van der Waals surface area (Å²) in [6.45, 7) is 1.91. The molecule has 0 spiro atoms. The number of carbonyl (C=O) groups is 1. The Balaban J connectivity index is 2.37. The van der Waals surface area contributed by atoms with Crippen molar-refractivity contribution in [1.29, 1.82) is 0 Å². The Morgan fingerprint density at radius 3 is 2.69 bits per heavy atom. The first-order valence-electron chi connectivity index (χ1n) is 3.89. The van der Waals surface area contributed by atoms with Gasteiger partial charge < -0.3 is 5.32 Å². The standard InChI is InChI=1S/C8H10FN3O/c1-6(13)10-3-2-8-11-4-7(9)5-12-8/h4-5H,2-3H2,1H3,(H,10,13). The van der Waals surface area contributed by atoms with Gasteiger partial charge in [0.15, 0.2) is 5.82 Å². The van der Waals surface area contributed by atoms with E-state index < -0.39 is 5.82 Å². The normalized spacial score (nSPS) is 9.69. The molecule has 70 valence electrons. The van der Waals surface area contributed by atoms with Crippen LogP contribution in [0.2, 0.25) is 0 Å². The fourth-order valence-corrected chi connectivity index (χ4v) is 0.818. The van der Waals surface area contributed by atoms with Crippen molar-refractivity contribution in [2.45, 2.75) is 13.3 Å². The van der Waals surface area contributed by atoms with E-state index >= 15 is 0 Å². The van der Waals surface area contributed by atoms with E-state index in [9.17, 15) is 9.18 Å². The lowest BCUT2D eigenvalue weighted by molar-refractivity contribution is -0.118. The lowest BCUT2D eigenvalue weighted by atomic mass is 10.4. The average molecular weight is 183 g/mol. The van der Waals surface area contributed by atoms with Crippen molar-refractivity contribution in [3.63, 3.8) is 0 Å². The molecule has 1 rings (SSSR count). The van der Waals surface area contributed by atoms with Gasteiger partial charge in [-0.1, -0.05) is 0 Å². The van der Waals surface area contributed by atoms with Crippen LogP contribution in [0.3, 0.4) is 0 Å². The maximum Gasteiger partial charge on any atom is 0.216 e. The van der Waals surface area contributed by atoms with Crippen molar-refractivity contribution < 1.29 is 9.18 Å². The average Bonchev–Trinajstić information content (AvgIpc) is 2.08. The van der Waals surface area contributed by atoms with Crippen molar-refractivity contribution in [1.82, 2.24) is 15.3 Å². The number of aromatic nitrogens is 2. The Morgan fingerprint density at radius 1 is 1.54 bits per heavy atom. The molecular weight excluding hydrogens is 173 g/mol. The quantitative estimate of drug-likeness (QED) is 0.733.